The first-order valence-electron chi connectivity index (χ1n) is 12.7. The van der Waals surface area contributed by atoms with Gasteiger partial charge in [-0.25, -0.2) is 5.06 Å². The number of nitriles is 1. The van der Waals surface area contributed by atoms with Crippen LogP contribution in [0, 0.1) is 32.1 Å². The van der Waals surface area contributed by atoms with Crippen LogP contribution in [0.2, 0.25) is 0 Å². The van der Waals surface area contributed by atoms with Crippen molar-refractivity contribution in [2.75, 3.05) is 18.2 Å². The molecule has 0 bridgehead atoms. The number of rotatable bonds is 5. The Hall–Kier alpha value is -3.76. The topological polar surface area (TPSA) is 83.6 Å². The lowest BCUT2D eigenvalue weighted by Gasteiger charge is -2.29. The summed E-state index contributed by atoms with van der Waals surface area (Å²) in [7, 11) is 0. The lowest BCUT2D eigenvalue weighted by molar-refractivity contribution is 0.0792. The summed E-state index contributed by atoms with van der Waals surface area (Å²) in [6, 6.07) is 20.5. The Bertz CT molecular complexity index is 1480. The zero-order chi connectivity index (χ0) is 26.1. The molecule has 1 aliphatic heterocycles. The monoisotopic (exact) mass is 492 g/mol. The summed E-state index contributed by atoms with van der Waals surface area (Å²) in [5.74, 6) is 0. The molecule has 1 saturated heterocycles. The average Bonchev–Trinajstić information content (AvgIpc) is 2.91. The van der Waals surface area contributed by atoms with Crippen LogP contribution in [0.1, 0.15) is 40.7 Å². The minimum Gasteiger partial charge on any atom is -0.393 e. The Morgan fingerprint density at radius 1 is 1.00 bits per heavy atom. The van der Waals surface area contributed by atoms with Gasteiger partial charge >= 0.3 is 0 Å². The number of piperidine rings is 1. The quantitative estimate of drug-likeness (QED) is 0.324. The number of pyridine rings is 1. The van der Waals surface area contributed by atoms with Gasteiger partial charge in [-0.15, -0.1) is 0 Å². The first-order chi connectivity index (χ1) is 17.8. The molecule has 0 aliphatic carbocycles. The molecule has 6 heteroatoms. The van der Waals surface area contributed by atoms with Gasteiger partial charge in [0, 0.05) is 31.2 Å². The number of likely N-dealkylation sites (tertiary alicyclic amines) is 1. The molecule has 4 aromatic rings. The molecule has 1 fully saturated rings. The molecule has 37 heavy (non-hydrogen) atoms. The van der Waals surface area contributed by atoms with Crippen molar-refractivity contribution in [2.45, 2.75) is 46.3 Å². The Morgan fingerprint density at radius 3 is 2.41 bits per heavy atom. The Kier molecular flexibility index (Phi) is 6.94. The molecule has 1 aliphatic rings. The fraction of sp³-hybridized carbons (Fsp3) is 0.290. The number of aromatic nitrogens is 1. The predicted molar refractivity (Wildman–Crippen MR) is 147 cm³/mol. The van der Waals surface area contributed by atoms with E-state index < -0.39 is 0 Å². The van der Waals surface area contributed by atoms with Gasteiger partial charge in [0.1, 0.15) is 6.07 Å². The number of anilines is 2. The van der Waals surface area contributed by atoms with Crippen LogP contribution in [0.5, 0.6) is 0 Å². The lowest BCUT2D eigenvalue weighted by Crippen LogP contribution is -2.35. The van der Waals surface area contributed by atoms with Crippen LogP contribution in [0.4, 0.5) is 11.4 Å². The normalized spacial score (nSPS) is 14.6. The van der Waals surface area contributed by atoms with E-state index in [1.165, 1.54) is 17.3 Å². The van der Waals surface area contributed by atoms with Crippen molar-refractivity contribution in [1.29, 1.82) is 5.26 Å². The summed E-state index contributed by atoms with van der Waals surface area (Å²) in [5, 5.41) is 32.7. The third kappa shape index (κ3) is 5.07. The number of fused-ring (bicyclic) bond motifs is 1. The molecule has 0 amide bonds. The highest BCUT2D eigenvalue weighted by molar-refractivity contribution is 5.97. The molecule has 6 nitrogen and oxygen atoms in total. The highest BCUT2D eigenvalue weighted by atomic mass is 16.5. The number of benzene rings is 3. The standard InChI is InChI=1S/C31H32N4O2/c1-20-13-27(14-21(2)22(20)3)35(37)31-26(17-32)18-33-30-16-25(7-8-29(30)31)24-6-4-5-23(15-24)19-34-11-9-28(36)10-12-34/h4-8,13-16,18,28,36-37H,9-12,19H2,1-3H3. The molecular weight excluding hydrogens is 460 g/mol. The van der Waals surface area contributed by atoms with Crippen molar-refractivity contribution < 1.29 is 10.3 Å². The van der Waals surface area contributed by atoms with Gasteiger partial charge in [-0.2, -0.15) is 5.26 Å². The van der Waals surface area contributed by atoms with Crippen molar-refractivity contribution in [3.8, 4) is 17.2 Å². The van der Waals surface area contributed by atoms with E-state index in [-0.39, 0.29) is 6.10 Å². The summed E-state index contributed by atoms with van der Waals surface area (Å²) < 4.78 is 0. The average molecular weight is 493 g/mol. The molecule has 5 rings (SSSR count). The van der Waals surface area contributed by atoms with Gasteiger partial charge in [-0.05, 0) is 97.3 Å². The van der Waals surface area contributed by atoms with Gasteiger partial charge in [0.25, 0.3) is 0 Å². The third-order valence-corrected chi connectivity index (χ3v) is 7.55. The third-order valence-electron chi connectivity index (χ3n) is 7.55. The van der Waals surface area contributed by atoms with Crippen molar-refractivity contribution in [3.63, 3.8) is 0 Å². The lowest BCUT2D eigenvalue weighted by atomic mass is 9.99. The van der Waals surface area contributed by atoms with Gasteiger partial charge in [0.05, 0.1) is 28.6 Å². The largest absolute Gasteiger partial charge is 0.393 e. The van der Waals surface area contributed by atoms with Crippen LogP contribution in [0.3, 0.4) is 0 Å². The summed E-state index contributed by atoms with van der Waals surface area (Å²) in [6.07, 6.45) is 3.01. The van der Waals surface area contributed by atoms with E-state index in [2.05, 4.69) is 47.1 Å². The van der Waals surface area contributed by atoms with E-state index >= 15 is 0 Å². The maximum atomic E-state index is 11.3. The van der Waals surface area contributed by atoms with Gasteiger partial charge in [-0.1, -0.05) is 24.3 Å². The Morgan fingerprint density at radius 2 is 1.70 bits per heavy atom. The molecule has 0 spiro atoms. The fourth-order valence-electron chi connectivity index (χ4n) is 5.12. The smallest absolute Gasteiger partial charge is 0.103 e. The van der Waals surface area contributed by atoms with Gasteiger partial charge in [-0.3, -0.25) is 15.1 Å². The second-order valence-electron chi connectivity index (χ2n) is 10.1. The van der Waals surface area contributed by atoms with E-state index in [1.807, 2.05) is 44.2 Å². The maximum Gasteiger partial charge on any atom is 0.103 e. The zero-order valence-corrected chi connectivity index (χ0v) is 21.6. The van der Waals surface area contributed by atoms with E-state index in [9.17, 15) is 15.6 Å². The molecule has 188 valence electrons. The van der Waals surface area contributed by atoms with Crippen LogP contribution in [-0.2, 0) is 6.54 Å². The second-order valence-corrected chi connectivity index (χ2v) is 10.1. The van der Waals surface area contributed by atoms with Crippen LogP contribution in [0.25, 0.3) is 22.0 Å². The molecule has 0 radical (unpaired) electrons. The second kappa shape index (κ2) is 10.3. The highest BCUT2D eigenvalue weighted by Gasteiger charge is 2.19. The first-order valence-corrected chi connectivity index (χ1v) is 12.7. The van der Waals surface area contributed by atoms with Gasteiger partial charge < -0.3 is 5.11 Å². The van der Waals surface area contributed by atoms with E-state index in [1.54, 1.807) is 0 Å². The minimum absolute atomic E-state index is 0.173. The van der Waals surface area contributed by atoms with Gasteiger partial charge in [0.2, 0.25) is 0 Å². The molecule has 0 unspecified atom stereocenters. The van der Waals surface area contributed by atoms with Crippen molar-refractivity contribution >= 4 is 22.3 Å². The van der Waals surface area contributed by atoms with Crippen molar-refractivity contribution in [3.05, 3.63) is 88.6 Å². The van der Waals surface area contributed by atoms with E-state index in [4.69, 9.17) is 0 Å². The Balaban J connectivity index is 1.50. The number of aryl methyl sites for hydroxylation is 2. The zero-order valence-electron chi connectivity index (χ0n) is 21.6. The first kappa shape index (κ1) is 24.9. The molecule has 3 aromatic carbocycles. The van der Waals surface area contributed by atoms with Crippen LogP contribution in [-0.4, -0.2) is 39.4 Å². The number of aliphatic hydroxyl groups excluding tert-OH is 1. The van der Waals surface area contributed by atoms with E-state index in [0.717, 1.165) is 59.8 Å². The number of nitrogens with zero attached hydrogens (tertiary/aromatic N) is 4. The molecule has 2 heterocycles. The predicted octanol–water partition coefficient (Wildman–Crippen LogP) is 6.18. The summed E-state index contributed by atoms with van der Waals surface area (Å²) >= 11 is 0. The number of hydrogen-bond acceptors (Lipinski definition) is 6. The number of aliphatic hydroxyl groups is 1. The fourth-order valence-corrected chi connectivity index (χ4v) is 5.12. The van der Waals surface area contributed by atoms with Crippen molar-refractivity contribution in [2.24, 2.45) is 0 Å². The number of hydrogen-bond donors (Lipinski definition) is 2. The minimum atomic E-state index is -0.173. The molecular formula is C31H32N4O2. The highest BCUT2D eigenvalue weighted by Crippen LogP contribution is 2.36. The molecule has 0 saturated carbocycles. The van der Waals surface area contributed by atoms with Crippen LogP contribution < -0.4 is 5.06 Å². The van der Waals surface area contributed by atoms with Crippen molar-refractivity contribution in [1.82, 2.24) is 9.88 Å². The molecule has 2 N–H and O–H groups in total. The van der Waals surface area contributed by atoms with Gasteiger partial charge in [0.15, 0.2) is 0 Å². The van der Waals surface area contributed by atoms with E-state index in [0.29, 0.717) is 27.8 Å². The molecule has 1 aromatic heterocycles. The molecule has 0 atom stereocenters. The SMILES string of the molecule is Cc1cc(N(O)c2c(C#N)cnc3cc(-c4cccc(CN5CCC(O)CC5)c4)ccc23)cc(C)c1C. The summed E-state index contributed by atoms with van der Waals surface area (Å²) in [4.78, 5) is 6.94. The summed E-state index contributed by atoms with van der Waals surface area (Å²) in [5.41, 5.74) is 8.76. The van der Waals surface area contributed by atoms with Crippen LogP contribution in [0.15, 0.2) is 60.8 Å². The maximum absolute atomic E-state index is 11.3. The summed E-state index contributed by atoms with van der Waals surface area (Å²) in [6.45, 7) is 8.78. The Labute approximate surface area is 218 Å². The van der Waals surface area contributed by atoms with Crippen LogP contribution >= 0.6 is 0 Å².